The summed E-state index contributed by atoms with van der Waals surface area (Å²) in [5, 5.41) is 11.8. The monoisotopic (exact) mass is 530 g/mol. The Bertz CT molecular complexity index is 1620. The molecular formula is C29H26N2O6S. The van der Waals surface area contributed by atoms with Crippen LogP contribution in [0.3, 0.4) is 0 Å². The summed E-state index contributed by atoms with van der Waals surface area (Å²) in [5.41, 5.74) is 3.51. The molecule has 0 unspecified atom stereocenters. The highest BCUT2D eigenvalue weighted by atomic mass is 32.1. The molecule has 8 nitrogen and oxygen atoms in total. The molecule has 4 aromatic rings. The van der Waals surface area contributed by atoms with Gasteiger partial charge in [0.2, 0.25) is 0 Å². The highest BCUT2D eigenvalue weighted by Crippen LogP contribution is 2.47. The normalized spacial score (nSPS) is 16.8. The van der Waals surface area contributed by atoms with Crippen molar-refractivity contribution < 1.29 is 28.9 Å². The second-order valence-corrected chi connectivity index (χ2v) is 9.94. The van der Waals surface area contributed by atoms with E-state index >= 15 is 0 Å². The van der Waals surface area contributed by atoms with Crippen molar-refractivity contribution >= 4 is 44.1 Å². The van der Waals surface area contributed by atoms with Crippen LogP contribution in [0.25, 0.3) is 16.0 Å². The first-order valence-electron chi connectivity index (χ1n) is 11.8. The number of benzene rings is 3. The molecule has 1 N–H and O–H groups in total. The van der Waals surface area contributed by atoms with E-state index < -0.39 is 17.7 Å². The van der Waals surface area contributed by atoms with Gasteiger partial charge in [0.1, 0.15) is 29.0 Å². The standard InChI is InChI=1S/C29H26N2O6S/c1-15-11-16(2)24-22(12-15)38-29(30-24)31-25(20-14-19(36-4)9-10-21(20)37-5)23(27(33)28(31)34)26(32)17-7-6-8-18(13-17)35-3/h6-14,25,32H,1-5H3/b26-23+/t25-/m0/s1. The maximum Gasteiger partial charge on any atom is 0.301 e. The summed E-state index contributed by atoms with van der Waals surface area (Å²) in [4.78, 5) is 33.3. The third kappa shape index (κ3) is 4.14. The molecule has 0 bridgehead atoms. The molecule has 0 saturated carbocycles. The van der Waals surface area contributed by atoms with E-state index in [2.05, 4.69) is 0 Å². The quantitative estimate of drug-likeness (QED) is 0.198. The van der Waals surface area contributed by atoms with E-state index in [0.717, 1.165) is 21.3 Å². The fraction of sp³-hybridized carbons (Fsp3) is 0.207. The second kappa shape index (κ2) is 9.83. The lowest BCUT2D eigenvalue weighted by atomic mass is 9.94. The molecule has 9 heteroatoms. The molecule has 1 fully saturated rings. The number of hydrogen-bond acceptors (Lipinski definition) is 8. The molecule has 0 spiro atoms. The smallest absolute Gasteiger partial charge is 0.301 e. The molecule has 1 aliphatic rings. The molecule has 1 aromatic heterocycles. The van der Waals surface area contributed by atoms with Crippen molar-refractivity contribution in [1.29, 1.82) is 0 Å². The van der Waals surface area contributed by atoms with E-state index in [0.29, 0.717) is 33.5 Å². The third-order valence-corrected chi connectivity index (χ3v) is 7.55. The number of anilines is 1. The minimum atomic E-state index is -1.02. The van der Waals surface area contributed by atoms with Crippen molar-refractivity contribution in [2.24, 2.45) is 0 Å². The number of aliphatic hydroxyl groups is 1. The van der Waals surface area contributed by atoms with E-state index in [4.69, 9.17) is 19.2 Å². The Kier molecular flexibility index (Phi) is 6.54. The number of aliphatic hydroxyl groups excluding tert-OH is 1. The van der Waals surface area contributed by atoms with Gasteiger partial charge in [0, 0.05) is 11.1 Å². The fourth-order valence-electron chi connectivity index (χ4n) is 4.76. The Balaban J connectivity index is 1.80. The minimum Gasteiger partial charge on any atom is -0.507 e. The number of hydrogen-bond donors (Lipinski definition) is 1. The van der Waals surface area contributed by atoms with Crippen LogP contribution in [0.4, 0.5) is 5.13 Å². The Labute approximate surface area is 223 Å². The molecule has 5 rings (SSSR count). The lowest BCUT2D eigenvalue weighted by Gasteiger charge is -2.25. The number of carbonyl (C=O) groups excluding carboxylic acids is 2. The van der Waals surface area contributed by atoms with E-state index in [1.54, 1.807) is 42.5 Å². The number of nitrogens with zero attached hydrogens (tertiary/aromatic N) is 2. The summed E-state index contributed by atoms with van der Waals surface area (Å²) in [6.45, 7) is 3.95. The van der Waals surface area contributed by atoms with E-state index in [1.165, 1.54) is 37.6 Å². The van der Waals surface area contributed by atoms with Crippen molar-refractivity contribution in [2.75, 3.05) is 26.2 Å². The first kappa shape index (κ1) is 25.3. The number of carbonyl (C=O) groups is 2. The Morgan fingerprint density at radius 3 is 2.39 bits per heavy atom. The van der Waals surface area contributed by atoms with Crippen LogP contribution in [0.5, 0.6) is 17.2 Å². The molecule has 2 heterocycles. The number of aryl methyl sites for hydroxylation is 2. The number of Topliss-reactive ketones (excluding diaryl/α,β-unsaturated/α-hetero) is 1. The average molecular weight is 531 g/mol. The molecule has 1 amide bonds. The van der Waals surface area contributed by atoms with Gasteiger partial charge < -0.3 is 19.3 Å². The fourth-order valence-corrected chi connectivity index (χ4v) is 5.93. The van der Waals surface area contributed by atoms with Gasteiger partial charge in [0.15, 0.2) is 5.13 Å². The zero-order chi connectivity index (χ0) is 27.1. The predicted octanol–water partition coefficient (Wildman–Crippen LogP) is 5.57. The molecule has 38 heavy (non-hydrogen) atoms. The lowest BCUT2D eigenvalue weighted by molar-refractivity contribution is -0.132. The van der Waals surface area contributed by atoms with Crippen LogP contribution in [0, 0.1) is 13.8 Å². The van der Waals surface area contributed by atoms with Gasteiger partial charge in [0.25, 0.3) is 5.78 Å². The second-order valence-electron chi connectivity index (χ2n) is 8.93. The van der Waals surface area contributed by atoms with Crippen LogP contribution in [0.2, 0.25) is 0 Å². The summed E-state index contributed by atoms with van der Waals surface area (Å²) in [6.07, 6.45) is 0. The topological polar surface area (TPSA) is 98.2 Å². The number of rotatable bonds is 6. The van der Waals surface area contributed by atoms with E-state index in [-0.39, 0.29) is 11.3 Å². The number of ether oxygens (including phenoxy) is 3. The number of ketones is 1. The van der Waals surface area contributed by atoms with Gasteiger partial charge >= 0.3 is 5.91 Å². The Hall–Kier alpha value is -4.37. The SMILES string of the molecule is COc1cccc(/C(O)=C2\C(=O)C(=O)N(c3nc4c(C)cc(C)cc4s3)[C@H]2c2cc(OC)ccc2OC)c1. The molecule has 0 radical (unpaired) electrons. The predicted molar refractivity (Wildman–Crippen MR) is 146 cm³/mol. The molecule has 1 atom stereocenters. The number of aromatic nitrogens is 1. The van der Waals surface area contributed by atoms with Gasteiger partial charge in [-0.25, -0.2) is 4.98 Å². The maximum atomic E-state index is 13.6. The van der Waals surface area contributed by atoms with Crippen molar-refractivity contribution in [3.05, 3.63) is 82.4 Å². The van der Waals surface area contributed by atoms with E-state index in [9.17, 15) is 14.7 Å². The van der Waals surface area contributed by atoms with Gasteiger partial charge in [-0.1, -0.05) is 29.5 Å². The summed E-state index contributed by atoms with van der Waals surface area (Å²) in [7, 11) is 4.54. The Morgan fingerprint density at radius 2 is 1.68 bits per heavy atom. The van der Waals surface area contributed by atoms with Crippen molar-refractivity contribution in [2.45, 2.75) is 19.9 Å². The van der Waals surface area contributed by atoms with E-state index in [1.807, 2.05) is 26.0 Å². The first-order valence-corrected chi connectivity index (χ1v) is 12.6. The molecular weight excluding hydrogens is 504 g/mol. The highest BCUT2D eigenvalue weighted by Gasteiger charge is 2.49. The summed E-state index contributed by atoms with van der Waals surface area (Å²) >= 11 is 1.31. The third-order valence-electron chi connectivity index (χ3n) is 6.54. The van der Waals surface area contributed by atoms with Crippen LogP contribution in [-0.2, 0) is 9.59 Å². The summed E-state index contributed by atoms with van der Waals surface area (Å²) < 4.78 is 17.3. The van der Waals surface area contributed by atoms with Crippen LogP contribution in [0.1, 0.15) is 28.3 Å². The maximum absolute atomic E-state index is 13.6. The average Bonchev–Trinajstić information content (AvgIpc) is 3.46. The highest BCUT2D eigenvalue weighted by molar-refractivity contribution is 7.22. The molecule has 1 aliphatic heterocycles. The van der Waals surface area contributed by atoms with Crippen molar-refractivity contribution in [3.8, 4) is 17.2 Å². The van der Waals surface area contributed by atoms with Crippen LogP contribution in [-0.4, -0.2) is 43.1 Å². The zero-order valence-electron chi connectivity index (χ0n) is 21.6. The number of thiazole rings is 1. The lowest BCUT2D eigenvalue weighted by Crippen LogP contribution is -2.29. The summed E-state index contributed by atoms with van der Waals surface area (Å²) in [6, 6.07) is 14.8. The zero-order valence-corrected chi connectivity index (χ0v) is 22.4. The van der Waals surface area contributed by atoms with Gasteiger partial charge in [-0.05, 0) is 61.4 Å². The minimum absolute atomic E-state index is 0.0815. The van der Waals surface area contributed by atoms with Gasteiger partial charge in [-0.15, -0.1) is 0 Å². The van der Waals surface area contributed by atoms with Crippen LogP contribution in [0.15, 0.2) is 60.2 Å². The van der Waals surface area contributed by atoms with Crippen LogP contribution < -0.4 is 19.1 Å². The number of fused-ring (bicyclic) bond motifs is 1. The molecule has 0 aliphatic carbocycles. The van der Waals surface area contributed by atoms with Crippen molar-refractivity contribution in [3.63, 3.8) is 0 Å². The Morgan fingerprint density at radius 1 is 0.947 bits per heavy atom. The summed E-state index contributed by atoms with van der Waals surface area (Å²) in [5.74, 6) is -0.524. The molecule has 1 saturated heterocycles. The van der Waals surface area contributed by atoms with Crippen LogP contribution >= 0.6 is 11.3 Å². The van der Waals surface area contributed by atoms with Gasteiger partial charge in [-0.3, -0.25) is 14.5 Å². The number of methoxy groups -OCH3 is 3. The van der Waals surface area contributed by atoms with Crippen molar-refractivity contribution in [1.82, 2.24) is 4.98 Å². The molecule has 3 aromatic carbocycles. The van der Waals surface area contributed by atoms with Gasteiger partial charge in [-0.2, -0.15) is 0 Å². The first-order chi connectivity index (χ1) is 18.3. The largest absolute Gasteiger partial charge is 0.507 e. The van der Waals surface area contributed by atoms with Gasteiger partial charge in [0.05, 0.1) is 37.1 Å². The number of amides is 1. The molecule has 194 valence electrons.